The highest BCUT2D eigenvalue weighted by Crippen LogP contribution is 2.53. The van der Waals surface area contributed by atoms with Gasteiger partial charge in [-0.05, 0) is 36.8 Å². The third-order valence-electron chi connectivity index (χ3n) is 4.19. The minimum atomic E-state index is 0.183. The number of rotatable bonds is 4. The van der Waals surface area contributed by atoms with Crippen LogP contribution in [0.1, 0.15) is 31.2 Å². The fraction of sp³-hybridized carbons (Fsp3) is 0.467. The van der Waals surface area contributed by atoms with Gasteiger partial charge in [0.15, 0.2) is 0 Å². The second kappa shape index (κ2) is 4.75. The molecule has 0 spiro atoms. The smallest absolute Gasteiger partial charge is 0.0876 e. The standard InChI is InChI=1S/C15H20N2O/c16-17-14(12-5-4-10-18-11-12)15(8-9-15)13-6-2-1-3-7-13/h1-3,6-7,11,14,17H,4-5,8-10,16H2. The van der Waals surface area contributed by atoms with Crippen molar-refractivity contribution in [3.8, 4) is 0 Å². The molecule has 0 amide bonds. The van der Waals surface area contributed by atoms with Crippen LogP contribution in [-0.4, -0.2) is 12.6 Å². The van der Waals surface area contributed by atoms with Crippen molar-refractivity contribution in [3.63, 3.8) is 0 Å². The largest absolute Gasteiger partial charge is 0.501 e. The maximum atomic E-state index is 5.82. The minimum absolute atomic E-state index is 0.183. The van der Waals surface area contributed by atoms with Gasteiger partial charge in [-0.1, -0.05) is 30.3 Å². The lowest BCUT2D eigenvalue weighted by molar-refractivity contribution is 0.216. The van der Waals surface area contributed by atoms with E-state index in [4.69, 9.17) is 10.6 Å². The Balaban J connectivity index is 1.90. The number of hydrogen-bond acceptors (Lipinski definition) is 3. The van der Waals surface area contributed by atoms with Gasteiger partial charge in [0.25, 0.3) is 0 Å². The van der Waals surface area contributed by atoms with E-state index >= 15 is 0 Å². The molecule has 0 aromatic heterocycles. The van der Waals surface area contributed by atoms with Gasteiger partial charge in [-0.2, -0.15) is 0 Å². The lowest BCUT2D eigenvalue weighted by Gasteiger charge is -2.30. The molecule has 3 N–H and O–H groups in total. The molecule has 2 aliphatic rings. The van der Waals surface area contributed by atoms with Crippen LogP contribution < -0.4 is 11.3 Å². The Kier molecular flexibility index (Phi) is 3.10. The Labute approximate surface area is 108 Å². The predicted octanol–water partition coefficient (Wildman–Crippen LogP) is 2.24. The molecule has 96 valence electrons. The zero-order valence-corrected chi connectivity index (χ0v) is 10.6. The van der Waals surface area contributed by atoms with Crippen molar-refractivity contribution >= 4 is 0 Å². The summed E-state index contributed by atoms with van der Waals surface area (Å²) in [5, 5.41) is 0. The molecular weight excluding hydrogens is 224 g/mol. The number of nitrogens with one attached hydrogen (secondary N) is 1. The van der Waals surface area contributed by atoms with Gasteiger partial charge in [0, 0.05) is 5.41 Å². The maximum Gasteiger partial charge on any atom is 0.0876 e. The van der Waals surface area contributed by atoms with Crippen molar-refractivity contribution in [2.45, 2.75) is 37.1 Å². The van der Waals surface area contributed by atoms with Crippen LogP contribution in [0.15, 0.2) is 42.2 Å². The summed E-state index contributed by atoms with van der Waals surface area (Å²) in [7, 11) is 0. The molecule has 1 atom stereocenters. The van der Waals surface area contributed by atoms with Gasteiger partial charge in [0.1, 0.15) is 0 Å². The van der Waals surface area contributed by atoms with Gasteiger partial charge in [-0.25, -0.2) is 0 Å². The van der Waals surface area contributed by atoms with E-state index in [2.05, 4.69) is 35.8 Å². The Morgan fingerprint density at radius 2 is 2.00 bits per heavy atom. The van der Waals surface area contributed by atoms with Crippen molar-refractivity contribution in [1.29, 1.82) is 0 Å². The van der Waals surface area contributed by atoms with Gasteiger partial charge >= 0.3 is 0 Å². The Hall–Kier alpha value is -1.32. The number of nitrogens with two attached hydrogens (primary N) is 1. The third-order valence-corrected chi connectivity index (χ3v) is 4.19. The first-order chi connectivity index (χ1) is 8.87. The first kappa shape index (κ1) is 11.8. The van der Waals surface area contributed by atoms with E-state index in [1.807, 2.05) is 6.26 Å². The molecule has 3 nitrogen and oxygen atoms in total. The van der Waals surface area contributed by atoms with E-state index in [9.17, 15) is 0 Å². The first-order valence-electron chi connectivity index (χ1n) is 6.69. The normalized spacial score (nSPS) is 22.8. The number of hydrogen-bond donors (Lipinski definition) is 2. The summed E-state index contributed by atoms with van der Waals surface area (Å²) in [4.78, 5) is 0. The molecule has 1 saturated carbocycles. The van der Waals surface area contributed by atoms with Gasteiger partial charge in [0.05, 0.1) is 18.9 Å². The van der Waals surface area contributed by atoms with Crippen molar-refractivity contribution in [2.24, 2.45) is 5.84 Å². The van der Waals surface area contributed by atoms with Crippen LogP contribution in [0.2, 0.25) is 0 Å². The van der Waals surface area contributed by atoms with Crippen molar-refractivity contribution in [1.82, 2.24) is 5.43 Å². The summed E-state index contributed by atoms with van der Waals surface area (Å²) >= 11 is 0. The Morgan fingerprint density at radius 3 is 2.56 bits per heavy atom. The second-order valence-corrected chi connectivity index (χ2v) is 5.29. The Bertz CT molecular complexity index is 437. The molecule has 1 aromatic rings. The minimum Gasteiger partial charge on any atom is -0.501 e. The highest BCUT2D eigenvalue weighted by Gasteiger charge is 2.51. The summed E-state index contributed by atoms with van der Waals surface area (Å²) in [6.07, 6.45) is 6.49. The summed E-state index contributed by atoms with van der Waals surface area (Å²) in [6.45, 7) is 0.832. The van der Waals surface area contributed by atoms with E-state index in [1.54, 1.807) is 0 Å². The predicted molar refractivity (Wildman–Crippen MR) is 71.7 cm³/mol. The Morgan fingerprint density at radius 1 is 1.22 bits per heavy atom. The molecule has 0 bridgehead atoms. The van der Waals surface area contributed by atoms with Gasteiger partial charge in [-0.15, -0.1) is 0 Å². The SMILES string of the molecule is NNC(C1=COCCC1)C1(c2ccccc2)CC1. The molecule has 1 aliphatic heterocycles. The summed E-state index contributed by atoms with van der Waals surface area (Å²) in [5.74, 6) is 5.82. The summed E-state index contributed by atoms with van der Waals surface area (Å²) < 4.78 is 5.47. The van der Waals surface area contributed by atoms with Crippen LogP contribution >= 0.6 is 0 Å². The van der Waals surface area contributed by atoms with E-state index in [1.165, 1.54) is 24.0 Å². The molecule has 1 fully saturated rings. The van der Waals surface area contributed by atoms with Crippen molar-refractivity contribution in [2.75, 3.05) is 6.61 Å². The van der Waals surface area contributed by atoms with Crippen LogP contribution in [-0.2, 0) is 10.2 Å². The summed E-state index contributed by atoms with van der Waals surface area (Å²) in [5.41, 5.74) is 5.91. The number of benzene rings is 1. The molecule has 0 saturated heterocycles. The van der Waals surface area contributed by atoms with Crippen LogP contribution in [0.4, 0.5) is 0 Å². The average molecular weight is 244 g/mol. The zero-order chi connectivity index (χ0) is 12.4. The van der Waals surface area contributed by atoms with Crippen molar-refractivity contribution < 1.29 is 4.74 Å². The molecule has 3 heteroatoms. The average Bonchev–Trinajstić information content (AvgIpc) is 3.24. The van der Waals surface area contributed by atoms with E-state index < -0.39 is 0 Å². The molecule has 1 aliphatic carbocycles. The van der Waals surface area contributed by atoms with Crippen LogP contribution in [0, 0.1) is 0 Å². The fourth-order valence-electron chi connectivity index (χ4n) is 3.07. The van der Waals surface area contributed by atoms with E-state index in [-0.39, 0.29) is 11.5 Å². The van der Waals surface area contributed by atoms with Crippen LogP contribution in [0.25, 0.3) is 0 Å². The number of hydrazine groups is 1. The topological polar surface area (TPSA) is 47.3 Å². The third kappa shape index (κ3) is 1.93. The van der Waals surface area contributed by atoms with E-state index in [0.29, 0.717) is 0 Å². The monoisotopic (exact) mass is 244 g/mol. The highest BCUT2D eigenvalue weighted by atomic mass is 16.5. The summed E-state index contributed by atoms with van der Waals surface area (Å²) in [6, 6.07) is 10.9. The molecule has 3 rings (SSSR count). The van der Waals surface area contributed by atoms with Crippen LogP contribution in [0.5, 0.6) is 0 Å². The van der Waals surface area contributed by atoms with Crippen LogP contribution in [0.3, 0.4) is 0 Å². The van der Waals surface area contributed by atoms with Gasteiger partial charge in [0.2, 0.25) is 0 Å². The molecule has 1 heterocycles. The molecule has 18 heavy (non-hydrogen) atoms. The number of ether oxygens (including phenoxy) is 1. The van der Waals surface area contributed by atoms with Gasteiger partial charge in [-0.3, -0.25) is 11.3 Å². The lowest BCUT2D eigenvalue weighted by Crippen LogP contribution is -2.46. The van der Waals surface area contributed by atoms with E-state index in [0.717, 1.165) is 19.4 Å². The first-order valence-corrected chi connectivity index (χ1v) is 6.69. The fourth-order valence-corrected chi connectivity index (χ4v) is 3.07. The maximum absolute atomic E-state index is 5.82. The lowest BCUT2D eigenvalue weighted by atomic mass is 9.82. The second-order valence-electron chi connectivity index (χ2n) is 5.29. The molecule has 1 unspecified atom stereocenters. The molecule has 1 aromatic carbocycles. The zero-order valence-electron chi connectivity index (χ0n) is 10.6. The van der Waals surface area contributed by atoms with Crippen molar-refractivity contribution in [3.05, 3.63) is 47.7 Å². The van der Waals surface area contributed by atoms with Gasteiger partial charge < -0.3 is 4.74 Å². The molecule has 0 radical (unpaired) electrons. The highest BCUT2D eigenvalue weighted by molar-refractivity contribution is 5.38. The molecular formula is C15H20N2O. The quantitative estimate of drug-likeness (QED) is 0.631.